The van der Waals surface area contributed by atoms with Crippen molar-refractivity contribution in [1.82, 2.24) is 4.57 Å². The van der Waals surface area contributed by atoms with Gasteiger partial charge in [-0.25, -0.2) is 0 Å². The minimum atomic E-state index is -2.20. The molecule has 0 radical (unpaired) electrons. The van der Waals surface area contributed by atoms with Gasteiger partial charge < -0.3 is 8.98 Å². The molecule has 1 unspecified atom stereocenters. The van der Waals surface area contributed by atoms with E-state index in [1.807, 2.05) is 0 Å². The molecule has 1 spiro atoms. The molecule has 0 bridgehead atoms. The maximum absolute atomic E-state index is 6.84. The van der Waals surface area contributed by atoms with Crippen molar-refractivity contribution >= 4 is 62.2 Å². The largest absolute Gasteiger partial charge is 0.456 e. The summed E-state index contributed by atoms with van der Waals surface area (Å²) >= 11 is 0. The Morgan fingerprint density at radius 2 is 1.24 bits per heavy atom. The maximum Gasteiger partial charge on any atom is 0.135 e. The van der Waals surface area contributed by atoms with Crippen LogP contribution in [0.25, 0.3) is 49.4 Å². The Balaban J connectivity index is 1.50. The van der Waals surface area contributed by atoms with Crippen LogP contribution in [0.4, 0.5) is 0 Å². The summed E-state index contributed by atoms with van der Waals surface area (Å²) in [6.45, 7) is 5.02. The quantitative estimate of drug-likeness (QED) is 0.172. The summed E-state index contributed by atoms with van der Waals surface area (Å²) in [6.07, 6.45) is 0. The molecule has 3 heteroatoms. The third-order valence-corrected chi connectivity index (χ3v) is 13.8. The molecule has 198 valence electrons. The lowest BCUT2D eigenvalue weighted by atomic mass is 9.62. The predicted octanol–water partition coefficient (Wildman–Crippen LogP) is 8.52. The van der Waals surface area contributed by atoms with E-state index in [-0.39, 0.29) is 0 Å². The van der Waals surface area contributed by atoms with E-state index in [0.29, 0.717) is 0 Å². The highest BCUT2D eigenvalue weighted by Gasteiger charge is 2.54. The summed E-state index contributed by atoms with van der Waals surface area (Å²) in [4.78, 5) is 0. The second kappa shape index (κ2) is 7.50. The number of rotatable bonds is 0. The molecule has 0 saturated heterocycles. The van der Waals surface area contributed by atoms with Crippen LogP contribution in [-0.2, 0) is 5.41 Å². The van der Waals surface area contributed by atoms with Gasteiger partial charge in [-0.3, -0.25) is 0 Å². The molecule has 8 aromatic rings. The normalized spacial score (nSPS) is 18.0. The third-order valence-electron chi connectivity index (χ3n) is 10.2. The summed E-state index contributed by atoms with van der Waals surface area (Å²) in [7, 11) is -2.20. The molecular weight excluding hydrogens is 527 g/mol. The Kier molecular flexibility index (Phi) is 4.07. The Labute approximate surface area is 244 Å². The van der Waals surface area contributed by atoms with E-state index in [1.165, 1.54) is 70.9 Å². The van der Waals surface area contributed by atoms with Gasteiger partial charge in [0, 0.05) is 21.5 Å². The molecule has 0 saturated carbocycles. The van der Waals surface area contributed by atoms with Crippen molar-refractivity contribution in [3.05, 3.63) is 150 Å². The van der Waals surface area contributed by atoms with Gasteiger partial charge in [-0.15, -0.1) is 0 Å². The fourth-order valence-electron chi connectivity index (χ4n) is 8.64. The molecule has 2 aliphatic heterocycles. The SMILES string of the molecule is C[Si]1(C)c2ccccc2C2(c3ccccc3-n3c4ccccc4c4cccc2c43)c2ccc3c(oc4ccccc43)c21. The van der Waals surface area contributed by atoms with Crippen LogP contribution >= 0.6 is 0 Å². The van der Waals surface area contributed by atoms with Gasteiger partial charge in [0.15, 0.2) is 0 Å². The number of para-hydroxylation sites is 4. The summed E-state index contributed by atoms with van der Waals surface area (Å²) < 4.78 is 9.36. The van der Waals surface area contributed by atoms with Gasteiger partial charge in [0.2, 0.25) is 0 Å². The van der Waals surface area contributed by atoms with Gasteiger partial charge in [-0.05, 0) is 50.8 Å². The molecule has 0 aliphatic carbocycles. The van der Waals surface area contributed by atoms with Crippen molar-refractivity contribution in [2.24, 2.45) is 0 Å². The van der Waals surface area contributed by atoms with E-state index in [4.69, 9.17) is 4.42 Å². The van der Waals surface area contributed by atoms with Gasteiger partial charge in [0.25, 0.3) is 0 Å². The first-order valence-corrected chi connectivity index (χ1v) is 17.8. The molecule has 1 atom stereocenters. The van der Waals surface area contributed by atoms with Crippen LogP contribution in [0.1, 0.15) is 22.3 Å². The number of hydrogen-bond acceptors (Lipinski definition) is 1. The zero-order chi connectivity index (χ0) is 27.8. The fraction of sp³-hybridized carbons (Fsp3) is 0.0769. The Morgan fingerprint density at radius 1 is 0.548 bits per heavy atom. The molecule has 4 heterocycles. The second-order valence-electron chi connectivity index (χ2n) is 12.5. The predicted molar refractivity (Wildman–Crippen MR) is 177 cm³/mol. The van der Waals surface area contributed by atoms with E-state index >= 15 is 0 Å². The fourth-order valence-corrected chi connectivity index (χ4v) is 12.1. The van der Waals surface area contributed by atoms with E-state index in [2.05, 4.69) is 145 Å². The average Bonchev–Trinajstić information content (AvgIpc) is 3.58. The van der Waals surface area contributed by atoms with Crippen LogP contribution in [0.5, 0.6) is 0 Å². The number of nitrogens with zero attached hydrogens (tertiary/aromatic N) is 1. The molecule has 2 nitrogen and oxygen atoms in total. The minimum absolute atomic E-state index is 0.470. The third kappa shape index (κ3) is 2.42. The molecule has 2 aliphatic rings. The summed E-state index contributed by atoms with van der Waals surface area (Å²) in [5, 5.41) is 7.93. The highest BCUT2D eigenvalue weighted by atomic mass is 28.3. The number of hydrogen-bond donors (Lipinski definition) is 0. The number of benzene rings is 6. The first-order chi connectivity index (χ1) is 20.6. The molecule has 0 amide bonds. The first-order valence-electron chi connectivity index (χ1n) is 14.8. The van der Waals surface area contributed by atoms with Gasteiger partial charge in [0.1, 0.15) is 19.2 Å². The average molecular weight is 554 g/mol. The van der Waals surface area contributed by atoms with Crippen molar-refractivity contribution in [2.45, 2.75) is 18.5 Å². The molecular formula is C39H27NOSi. The van der Waals surface area contributed by atoms with Crippen molar-refractivity contribution in [1.29, 1.82) is 0 Å². The molecule has 0 fully saturated rings. The lowest BCUT2D eigenvalue weighted by molar-refractivity contribution is 0.667. The Hall–Kier alpha value is -4.86. The monoisotopic (exact) mass is 553 g/mol. The minimum Gasteiger partial charge on any atom is -0.456 e. The maximum atomic E-state index is 6.84. The standard InChI is InChI=1S/C39H27NOSi/c1-42(2)35-21-10-6-16-29(35)39(31-23-22-27-25-13-4-9-20-34(25)41-37(27)38(31)42)28-15-5-8-19-33(28)40-32-18-7-3-12-24(32)26-14-11-17-30(39)36(26)40/h3-23H,1-2H3. The van der Waals surface area contributed by atoms with Crippen LogP contribution in [0, 0.1) is 0 Å². The Morgan fingerprint density at radius 3 is 2.14 bits per heavy atom. The highest BCUT2D eigenvalue weighted by Crippen LogP contribution is 2.55. The number of furan rings is 1. The summed E-state index contributed by atoms with van der Waals surface area (Å²) in [5.74, 6) is 0. The van der Waals surface area contributed by atoms with E-state index in [9.17, 15) is 0 Å². The highest BCUT2D eigenvalue weighted by molar-refractivity contribution is 7.02. The lowest BCUT2D eigenvalue weighted by Crippen LogP contribution is -2.64. The van der Waals surface area contributed by atoms with E-state index < -0.39 is 13.5 Å². The van der Waals surface area contributed by atoms with Gasteiger partial charge in [-0.2, -0.15) is 0 Å². The van der Waals surface area contributed by atoms with E-state index in [1.54, 1.807) is 0 Å². The van der Waals surface area contributed by atoms with Crippen LogP contribution in [0.15, 0.2) is 132 Å². The van der Waals surface area contributed by atoms with Crippen LogP contribution in [0.2, 0.25) is 13.1 Å². The molecule has 42 heavy (non-hydrogen) atoms. The molecule has 10 rings (SSSR count). The zero-order valence-electron chi connectivity index (χ0n) is 23.5. The molecule has 0 N–H and O–H groups in total. The van der Waals surface area contributed by atoms with Crippen molar-refractivity contribution in [3.63, 3.8) is 0 Å². The Bertz CT molecular complexity index is 2460. The first kappa shape index (κ1) is 22.8. The van der Waals surface area contributed by atoms with Crippen LogP contribution < -0.4 is 10.4 Å². The summed E-state index contributed by atoms with van der Waals surface area (Å²) in [5.41, 5.74) is 10.9. The van der Waals surface area contributed by atoms with Gasteiger partial charge in [-0.1, -0.05) is 122 Å². The smallest absolute Gasteiger partial charge is 0.135 e. The number of fused-ring (bicyclic) bond motifs is 15. The number of aromatic nitrogens is 1. The van der Waals surface area contributed by atoms with Gasteiger partial charge >= 0.3 is 0 Å². The zero-order valence-corrected chi connectivity index (χ0v) is 24.5. The van der Waals surface area contributed by atoms with E-state index in [0.717, 1.165) is 11.2 Å². The lowest BCUT2D eigenvalue weighted by Gasteiger charge is -2.49. The van der Waals surface area contributed by atoms with Crippen molar-refractivity contribution in [3.8, 4) is 5.69 Å². The molecule has 2 aromatic heterocycles. The topological polar surface area (TPSA) is 18.1 Å². The van der Waals surface area contributed by atoms with Gasteiger partial charge in [0.05, 0.1) is 22.1 Å². The van der Waals surface area contributed by atoms with Crippen LogP contribution in [-0.4, -0.2) is 12.6 Å². The van der Waals surface area contributed by atoms with Crippen LogP contribution in [0.3, 0.4) is 0 Å². The van der Waals surface area contributed by atoms with Crippen molar-refractivity contribution < 1.29 is 4.42 Å². The van der Waals surface area contributed by atoms with Crippen molar-refractivity contribution in [2.75, 3.05) is 0 Å². The summed E-state index contributed by atoms with van der Waals surface area (Å²) in [6, 6.07) is 47.5. The molecule has 6 aromatic carbocycles. The second-order valence-corrected chi connectivity index (χ2v) is 16.7.